The van der Waals surface area contributed by atoms with E-state index >= 15 is 0 Å². The van der Waals surface area contributed by atoms with Crippen LogP contribution in [0.1, 0.15) is 16.2 Å². The highest BCUT2D eigenvalue weighted by atomic mass is 16.5. The molecule has 3 rings (SSSR count). The Balaban J connectivity index is 1.76. The number of aryl methyl sites for hydroxylation is 2. The van der Waals surface area contributed by atoms with E-state index in [0.717, 1.165) is 0 Å². The number of hydrogen-bond acceptors (Lipinski definition) is 9. The lowest BCUT2D eigenvalue weighted by molar-refractivity contribution is 0.102. The number of amides is 1. The number of carbonyl (C=O) groups is 1. The minimum absolute atomic E-state index is 0.0757. The minimum atomic E-state index is -0.443. The number of ether oxygens (including phenoxy) is 1. The zero-order valence-corrected chi connectivity index (χ0v) is 12.3. The standard InChI is InChI=1S/C11H12N10O2/c1-20-8(14-16-18-20)6-23-10-7(4-3-5-12-10)9(22)13-11-15-17-19-21(11)2/h3-5H,6H2,1-2H3,(H,13,15,19,22). The highest BCUT2D eigenvalue weighted by molar-refractivity contribution is 6.04. The molecule has 1 N–H and O–H groups in total. The molecule has 0 bridgehead atoms. The van der Waals surface area contributed by atoms with Crippen molar-refractivity contribution in [1.29, 1.82) is 0 Å². The van der Waals surface area contributed by atoms with Gasteiger partial charge in [0.2, 0.25) is 11.8 Å². The Morgan fingerprint density at radius 3 is 2.70 bits per heavy atom. The predicted octanol–water partition coefficient (Wildman–Crippen LogP) is -1.04. The van der Waals surface area contributed by atoms with E-state index in [1.807, 2.05) is 0 Å². The molecule has 118 valence electrons. The number of carbonyl (C=O) groups excluding carboxylic acids is 1. The third-order valence-electron chi connectivity index (χ3n) is 2.91. The van der Waals surface area contributed by atoms with E-state index in [2.05, 4.69) is 41.4 Å². The normalized spacial score (nSPS) is 10.5. The number of nitrogens with one attached hydrogen (secondary N) is 1. The van der Waals surface area contributed by atoms with E-state index in [-0.39, 0.29) is 24.0 Å². The van der Waals surface area contributed by atoms with Gasteiger partial charge in [-0.05, 0) is 33.0 Å². The van der Waals surface area contributed by atoms with Gasteiger partial charge in [-0.25, -0.2) is 14.3 Å². The van der Waals surface area contributed by atoms with E-state index in [1.54, 1.807) is 26.2 Å². The molecule has 0 atom stereocenters. The van der Waals surface area contributed by atoms with E-state index in [4.69, 9.17) is 4.74 Å². The van der Waals surface area contributed by atoms with Crippen molar-refractivity contribution in [1.82, 2.24) is 45.4 Å². The number of aromatic nitrogens is 9. The average molecular weight is 316 g/mol. The van der Waals surface area contributed by atoms with Crippen molar-refractivity contribution in [2.45, 2.75) is 6.61 Å². The first-order valence-corrected chi connectivity index (χ1v) is 6.48. The zero-order chi connectivity index (χ0) is 16.2. The number of rotatable bonds is 5. The summed E-state index contributed by atoms with van der Waals surface area (Å²) in [6.07, 6.45) is 1.52. The zero-order valence-electron chi connectivity index (χ0n) is 12.3. The Bertz CT molecular complexity index is 826. The van der Waals surface area contributed by atoms with Gasteiger partial charge in [0, 0.05) is 20.3 Å². The van der Waals surface area contributed by atoms with E-state index < -0.39 is 5.91 Å². The second kappa shape index (κ2) is 6.13. The molecule has 0 spiro atoms. The summed E-state index contributed by atoms with van der Waals surface area (Å²) in [7, 11) is 3.29. The predicted molar refractivity (Wildman–Crippen MR) is 74.1 cm³/mol. The molecule has 0 unspecified atom stereocenters. The molecule has 12 nitrogen and oxygen atoms in total. The van der Waals surface area contributed by atoms with Gasteiger partial charge in [0.25, 0.3) is 5.91 Å². The molecule has 3 aromatic heterocycles. The fraction of sp³-hybridized carbons (Fsp3) is 0.273. The van der Waals surface area contributed by atoms with Gasteiger partial charge in [-0.3, -0.25) is 10.1 Å². The molecule has 0 saturated heterocycles. The summed E-state index contributed by atoms with van der Waals surface area (Å²) in [6, 6.07) is 3.21. The molecule has 23 heavy (non-hydrogen) atoms. The summed E-state index contributed by atoms with van der Waals surface area (Å²) in [4.78, 5) is 16.4. The van der Waals surface area contributed by atoms with Crippen LogP contribution in [-0.2, 0) is 20.7 Å². The first-order chi connectivity index (χ1) is 11.1. The second-order valence-electron chi connectivity index (χ2n) is 4.44. The van der Waals surface area contributed by atoms with Crippen LogP contribution < -0.4 is 10.1 Å². The summed E-state index contributed by atoms with van der Waals surface area (Å²) < 4.78 is 8.34. The van der Waals surface area contributed by atoms with E-state index in [9.17, 15) is 4.79 Å². The summed E-state index contributed by atoms with van der Waals surface area (Å²) in [5.74, 6) is 0.423. The Hall–Kier alpha value is -3.44. The Kier molecular flexibility index (Phi) is 3.86. The quantitative estimate of drug-likeness (QED) is 0.625. The summed E-state index contributed by atoms with van der Waals surface area (Å²) in [5.41, 5.74) is 0.241. The topological polar surface area (TPSA) is 138 Å². The summed E-state index contributed by atoms with van der Waals surface area (Å²) in [5, 5.41) is 24.3. The monoisotopic (exact) mass is 316 g/mol. The third kappa shape index (κ3) is 3.09. The van der Waals surface area contributed by atoms with Gasteiger partial charge in [0.1, 0.15) is 5.56 Å². The Morgan fingerprint density at radius 2 is 2.00 bits per heavy atom. The van der Waals surface area contributed by atoms with Crippen molar-refractivity contribution >= 4 is 11.9 Å². The molecular formula is C11H12N10O2. The fourth-order valence-electron chi connectivity index (χ4n) is 1.69. The van der Waals surface area contributed by atoms with Gasteiger partial charge in [0.05, 0.1) is 0 Å². The molecular weight excluding hydrogens is 304 g/mol. The highest BCUT2D eigenvalue weighted by Crippen LogP contribution is 2.16. The van der Waals surface area contributed by atoms with E-state index in [0.29, 0.717) is 5.82 Å². The van der Waals surface area contributed by atoms with Crippen molar-refractivity contribution in [3.8, 4) is 5.88 Å². The molecule has 0 aromatic carbocycles. The van der Waals surface area contributed by atoms with E-state index in [1.165, 1.54) is 15.6 Å². The molecule has 1 amide bonds. The molecule has 0 aliphatic carbocycles. The first kappa shape index (κ1) is 14.5. The Morgan fingerprint density at radius 1 is 1.22 bits per heavy atom. The summed E-state index contributed by atoms with van der Waals surface area (Å²) in [6.45, 7) is 0.0757. The molecule has 0 fully saturated rings. The number of nitrogens with zero attached hydrogens (tertiary/aromatic N) is 9. The van der Waals surface area contributed by atoms with Gasteiger partial charge in [-0.2, -0.15) is 0 Å². The average Bonchev–Trinajstić information content (AvgIpc) is 3.14. The lowest BCUT2D eigenvalue weighted by atomic mass is 10.2. The molecule has 3 aromatic rings. The molecule has 0 radical (unpaired) electrons. The van der Waals surface area contributed by atoms with Gasteiger partial charge in [0.15, 0.2) is 12.4 Å². The van der Waals surface area contributed by atoms with Crippen molar-refractivity contribution < 1.29 is 9.53 Å². The van der Waals surface area contributed by atoms with Gasteiger partial charge in [-0.1, -0.05) is 5.10 Å². The fourth-order valence-corrected chi connectivity index (χ4v) is 1.69. The highest BCUT2D eigenvalue weighted by Gasteiger charge is 2.17. The van der Waals surface area contributed by atoms with Crippen LogP contribution in [0.3, 0.4) is 0 Å². The third-order valence-corrected chi connectivity index (χ3v) is 2.91. The number of hydrogen-bond donors (Lipinski definition) is 1. The van der Waals surface area contributed by atoms with Crippen LogP contribution in [0.5, 0.6) is 5.88 Å². The maximum atomic E-state index is 12.3. The van der Waals surface area contributed by atoms with Crippen LogP contribution in [0.2, 0.25) is 0 Å². The molecule has 12 heteroatoms. The maximum absolute atomic E-state index is 12.3. The minimum Gasteiger partial charge on any atom is -0.469 e. The number of pyridine rings is 1. The van der Waals surface area contributed by atoms with Crippen LogP contribution in [0, 0.1) is 0 Å². The molecule has 3 heterocycles. The SMILES string of the molecule is Cn1nnnc1COc1ncccc1C(=O)Nc1nnnn1C. The summed E-state index contributed by atoms with van der Waals surface area (Å²) >= 11 is 0. The smallest absolute Gasteiger partial charge is 0.263 e. The maximum Gasteiger partial charge on any atom is 0.263 e. The largest absolute Gasteiger partial charge is 0.469 e. The molecule has 0 aliphatic heterocycles. The first-order valence-electron chi connectivity index (χ1n) is 6.48. The van der Waals surface area contributed by atoms with Crippen molar-refractivity contribution in [2.75, 3.05) is 5.32 Å². The number of anilines is 1. The molecule has 0 saturated carbocycles. The van der Waals surface area contributed by atoms with Gasteiger partial charge >= 0.3 is 0 Å². The van der Waals surface area contributed by atoms with Crippen LogP contribution in [-0.4, -0.2) is 51.3 Å². The molecule has 0 aliphatic rings. The van der Waals surface area contributed by atoms with Crippen molar-refractivity contribution in [2.24, 2.45) is 14.1 Å². The Labute approximate surface area is 129 Å². The van der Waals surface area contributed by atoms with Crippen LogP contribution in [0.4, 0.5) is 5.95 Å². The van der Waals surface area contributed by atoms with Gasteiger partial charge in [-0.15, -0.1) is 5.10 Å². The lowest BCUT2D eigenvalue weighted by Crippen LogP contribution is -2.17. The lowest BCUT2D eigenvalue weighted by Gasteiger charge is -2.09. The van der Waals surface area contributed by atoms with Crippen LogP contribution >= 0.6 is 0 Å². The van der Waals surface area contributed by atoms with Crippen LogP contribution in [0.25, 0.3) is 0 Å². The number of tetrazole rings is 2. The van der Waals surface area contributed by atoms with Crippen LogP contribution in [0.15, 0.2) is 18.3 Å². The second-order valence-corrected chi connectivity index (χ2v) is 4.44. The van der Waals surface area contributed by atoms with Crippen molar-refractivity contribution in [3.05, 3.63) is 29.7 Å². The van der Waals surface area contributed by atoms with Crippen molar-refractivity contribution in [3.63, 3.8) is 0 Å². The van der Waals surface area contributed by atoms with Gasteiger partial charge < -0.3 is 4.74 Å².